The average Bonchev–Trinajstić information content (AvgIpc) is 3.36. The highest BCUT2D eigenvalue weighted by Gasteiger charge is 2.40. The summed E-state index contributed by atoms with van der Waals surface area (Å²) in [6.45, 7) is 4.25. The van der Waals surface area contributed by atoms with Gasteiger partial charge in [-0.1, -0.05) is 66.4 Å². The predicted octanol–water partition coefficient (Wildman–Crippen LogP) is 9.19. The van der Waals surface area contributed by atoms with E-state index >= 15 is 0 Å². The number of rotatable bonds is 4. The Labute approximate surface area is 256 Å². The molecule has 8 rings (SSSR count). The van der Waals surface area contributed by atoms with Crippen LogP contribution in [0.1, 0.15) is 41.7 Å². The van der Waals surface area contributed by atoms with Crippen molar-refractivity contribution >= 4 is 28.6 Å². The second-order valence-corrected chi connectivity index (χ2v) is 13.5. The summed E-state index contributed by atoms with van der Waals surface area (Å²) in [5, 5.41) is 2.28. The largest absolute Gasteiger partial charge is 0.497 e. The SMILES string of the molecule is COc1ccc(C2(c3ccc(OC)cc3)C=Cc3c4c(c5cc6c(cc5c3O2)SC(C)(C)O6)-c2ccccc2CC4)cc1. The maximum Gasteiger partial charge on any atom is 0.178 e. The Morgan fingerprint density at radius 3 is 2.09 bits per heavy atom. The van der Waals surface area contributed by atoms with Crippen molar-refractivity contribution in [2.75, 3.05) is 14.2 Å². The van der Waals surface area contributed by atoms with E-state index in [0.29, 0.717) is 0 Å². The van der Waals surface area contributed by atoms with Crippen LogP contribution in [0.15, 0.2) is 95.9 Å². The van der Waals surface area contributed by atoms with Crippen LogP contribution in [-0.4, -0.2) is 19.2 Å². The quantitative estimate of drug-likeness (QED) is 0.211. The number of methoxy groups -OCH3 is 2. The van der Waals surface area contributed by atoms with Gasteiger partial charge in [-0.3, -0.25) is 0 Å². The Morgan fingerprint density at radius 1 is 0.744 bits per heavy atom. The van der Waals surface area contributed by atoms with Crippen LogP contribution in [0.4, 0.5) is 0 Å². The molecule has 0 amide bonds. The lowest BCUT2D eigenvalue weighted by atomic mass is 9.77. The second-order valence-electron chi connectivity index (χ2n) is 11.8. The molecule has 2 aliphatic heterocycles. The molecule has 0 atom stereocenters. The zero-order valence-corrected chi connectivity index (χ0v) is 25.5. The maximum absolute atomic E-state index is 7.40. The van der Waals surface area contributed by atoms with Gasteiger partial charge in [-0.25, -0.2) is 0 Å². The third-order valence-corrected chi connectivity index (χ3v) is 10.0. The predicted molar refractivity (Wildman–Crippen MR) is 174 cm³/mol. The van der Waals surface area contributed by atoms with Crippen molar-refractivity contribution in [2.45, 2.75) is 42.1 Å². The molecule has 0 radical (unpaired) electrons. The van der Waals surface area contributed by atoms with E-state index in [9.17, 15) is 0 Å². The first-order chi connectivity index (χ1) is 20.9. The molecule has 0 saturated heterocycles. The summed E-state index contributed by atoms with van der Waals surface area (Å²) in [4.78, 5) is 0.815. The maximum atomic E-state index is 7.40. The number of benzene rings is 5. The second kappa shape index (κ2) is 9.58. The topological polar surface area (TPSA) is 36.9 Å². The Balaban J connectivity index is 1.41. The van der Waals surface area contributed by atoms with Gasteiger partial charge in [0.2, 0.25) is 0 Å². The lowest BCUT2D eigenvalue weighted by molar-refractivity contribution is 0.163. The van der Waals surface area contributed by atoms with Crippen LogP contribution in [0.5, 0.6) is 23.0 Å². The van der Waals surface area contributed by atoms with E-state index in [2.05, 4.69) is 86.7 Å². The molecule has 0 spiro atoms. The zero-order chi connectivity index (χ0) is 29.3. The van der Waals surface area contributed by atoms with E-state index in [0.717, 1.165) is 62.8 Å². The minimum absolute atomic E-state index is 0.325. The highest BCUT2D eigenvalue weighted by molar-refractivity contribution is 8.00. The Morgan fingerprint density at radius 2 is 1.42 bits per heavy atom. The molecule has 214 valence electrons. The van der Waals surface area contributed by atoms with Crippen LogP contribution in [-0.2, 0) is 18.4 Å². The molecule has 5 aromatic rings. The van der Waals surface area contributed by atoms with E-state index in [1.165, 1.54) is 27.6 Å². The summed E-state index contributed by atoms with van der Waals surface area (Å²) in [5.74, 6) is 3.47. The van der Waals surface area contributed by atoms with Gasteiger partial charge in [0.15, 0.2) is 10.5 Å². The molecule has 1 aliphatic carbocycles. The van der Waals surface area contributed by atoms with E-state index in [1.807, 2.05) is 24.3 Å². The lowest BCUT2D eigenvalue weighted by Crippen LogP contribution is -2.34. The molecule has 5 heteroatoms. The molecule has 3 aliphatic rings. The van der Waals surface area contributed by atoms with Gasteiger partial charge in [0.1, 0.15) is 23.0 Å². The lowest BCUT2D eigenvalue weighted by Gasteiger charge is -2.38. The first-order valence-electron chi connectivity index (χ1n) is 14.7. The van der Waals surface area contributed by atoms with Crippen molar-refractivity contribution in [3.05, 3.63) is 119 Å². The minimum Gasteiger partial charge on any atom is -0.497 e. The summed E-state index contributed by atoms with van der Waals surface area (Å²) >= 11 is 1.76. The van der Waals surface area contributed by atoms with E-state index in [4.69, 9.17) is 18.9 Å². The monoisotopic (exact) mass is 584 g/mol. The van der Waals surface area contributed by atoms with Crippen LogP contribution in [0.25, 0.3) is 28.0 Å². The first-order valence-corrected chi connectivity index (χ1v) is 15.5. The van der Waals surface area contributed by atoms with Crippen molar-refractivity contribution in [2.24, 2.45) is 0 Å². The summed E-state index contributed by atoms with van der Waals surface area (Å²) in [7, 11) is 3.38. The van der Waals surface area contributed by atoms with Crippen molar-refractivity contribution < 1.29 is 18.9 Å². The molecule has 5 aromatic carbocycles. The van der Waals surface area contributed by atoms with E-state index in [-0.39, 0.29) is 4.93 Å². The summed E-state index contributed by atoms with van der Waals surface area (Å²) in [6.07, 6.45) is 6.47. The van der Waals surface area contributed by atoms with Crippen LogP contribution in [0, 0.1) is 0 Å². The highest BCUT2D eigenvalue weighted by atomic mass is 32.2. The smallest absolute Gasteiger partial charge is 0.178 e. The van der Waals surface area contributed by atoms with Crippen LogP contribution in [0.2, 0.25) is 0 Å². The van der Waals surface area contributed by atoms with Crippen LogP contribution >= 0.6 is 11.8 Å². The molecule has 0 saturated carbocycles. The van der Waals surface area contributed by atoms with Gasteiger partial charge in [-0.2, -0.15) is 0 Å². The number of ether oxygens (including phenoxy) is 4. The van der Waals surface area contributed by atoms with Gasteiger partial charge in [-0.15, -0.1) is 0 Å². The van der Waals surface area contributed by atoms with Crippen molar-refractivity contribution in [3.8, 4) is 34.1 Å². The third-order valence-electron chi connectivity index (χ3n) is 8.90. The molecular weight excluding hydrogens is 552 g/mol. The average molecular weight is 585 g/mol. The number of fused-ring (bicyclic) bond motifs is 9. The van der Waals surface area contributed by atoms with Crippen molar-refractivity contribution in [3.63, 3.8) is 0 Å². The molecule has 0 bridgehead atoms. The molecular formula is C38H32O4S. The van der Waals surface area contributed by atoms with E-state index < -0.39 is 5.60 Å². The van der Waals surface area contributed by atoms with Crippen molar-refractivity contribution in [1.29, 1.82) is 0 Å². The van der Waals surface area contributed by atoms with Crippen molar-refractivity contribution in [1.82, 2.24) is 0 Å². The molecule has 0 N–H and O–H groups in total. The van der Waals surface area contributed by atoms with E-state index in [1.54, 1.807) is 26.0 Å². The molecule has 4 nitrogen and oxygen atoms in total. The van der Waals surface area contributed by atoms with Crippen LogP contribution < -0.4 is 18.9 Å². The molecule has 0 unspecified atom stereocenters. The zero-order valence-electron chi connectivity index (χ0n) is 24.7. The molecule has 2 heterocycles. The Kier molecular flexibility index (Phi) is 5.86. The summed E-state index contributed by atoms with van der Waals surface area (Å²) in [6, 6.07) is 29.7. The van der Waals surface area contributed by atoms with Gasteiger partial charge in [0, 0.05) is 22.1 Å². The fourth-order valence-electron chi connectivity index (χ4n) is 6.89. The minimum atomic E-state index is -0.846. The fourth-order valence-corrected chi connectivity index (χ4v) is 7.93. The standard InChI is InChI=1S/C38H32O4S/c1-37(2)41-33-21-31-32(22-34(33)43-37)36-30(29-18-9-23-7-5-6-8-28(23)35(29)31)19-20-38(42-36,24-10-14-26(39-3)15-11-24)25-12-16-27(40-4)17-13-25/h5-8,10-17,19-22H,9,18H2,1-4H3. The molecule has 0 fully saturated rings. The third kappa shape index (κ3) is 4.05. The van der Waals surface area contributed by atoms with Gasteiger partial charge in [0.05, 0.1) is 19.1 Å². The fraction of sp³-hybridized carbons (Fsp3) is 0.211. The number of hydrogen-bond donors (Lipinski definition) is 0. The molecule has 43 heavy (non-hydrogen) atoms. The van der Waals surface area contributed by atoms with Gasteiger partial charge in [-0.05, 0) is 96.8 Å². The van der Waals surface area contributed by atoms with Gasteiger partial charge in [0.25, 0.3) is 0 Å². The Bertz CT molecular complexity index is 1890. The Hall–Kier alpha value is -4.35. The molecule has 0 aromatic heterocycles. The first kappa shape index (κ1) is 26.3. The number of thioether (sulfide) groups is 1. The summed E-state index contributed by atoms with van der Waals surface area (Å²) < 4.78 is 24.8. The summed E-state index contributed by atoms with van der Waals surface area (Å²) in [5.41, 5.74) is 7.69. The normalized spacial score (nSPS) is 16.7. The number of hydrogen-bond acceptors (Lipinski definition) is 5. The van der Waals surface area contributed by atoms with Gasteiger partial charge < -0.3 is 18.9 Å². The van der Waals surface area contributed by atoms with Gasteiger partial charge >= 0.3 is 0 Å². The van der Waals surface area contributed by atoms with Crippen LogP contribution in [0.3, 0.4) is 0 Å². The number of aryl methyl sites for hydroxylation is 1. The highest BCUT2D eigenvalue weighted by Crippen LogP contribution is 2.55.